The van der Waals surface area contributed by atoms with Gasteiger partial charge in [-0.1, -0.05) is 23.4 Å². The molecule has 31 heavy (non-hydrogen) atoms. The van der Waals surface area contributed by atoms with E-state index < -0.39 is 0 Å². The fraction of sp³-hybridized carbons (Fsp3) is 0.318. The molecule has 0 amide bonds. The van der Waals surface area contributed by atoms with Crippen molar-refractivity contribution in [1.29, 1.82) is 0 Å². The van der Waals surface area contributed by atoms with Crippen molar-refractivity contribution in [1.82, 2.24) is 34.8 Å². The average Bonchev–Trinajstić information content (AvgIpc) is 3.19. The van der Waals surface area contributed by atoms with Crippen LogP contribution in [-0.2, 0) is 6.54 Å². The van der Waals surface area contributed by atoms with Gasteiger partial charge in [-0.15, -0.1) is 5.10 Å². The maximum Gasteiger partial charge on any atom is 0.215 e. The number of ether oxygens (including phenoxy) is 2. The fourth-order valence-corrected chi connectivity index (χ4v) is 3.15. The molecule has 3 heterocycles. The van der Waals surface area contributed by atoms with Crippen LogP contribution in [-0.4, -0.2) is 69.2 Å². The SMILES string of the molecule is COc1ccc2nnn(Cc3cccc(-c4ncc(OCCCN(C)C)cn4)c3)c2n1. The zero-order chi connectivity index (χ0) is 21.6. The van der Waals surface area contributed by atoms with E-state index in [0.717, 1.165) is 29.6 Å². The van der Waals surface area contributed by atoms with E-state index in [1.54, 1.807) is 30.3 Å². The second-order valence-electron chi connectivity index (χ2n) is 7.39. The molecule has 9 nitrogen and oxygen atoms in total. The Bertz CT molecular complexity index is 1140. The Labute approximate surface area is 180 Å². The van der Waals surface area contributed by atoms with Gasteiger partial charge in [0.25, 0.3) is 0 Å². The predicted octanol–water partition coefficient (Wildman–Crippen LogP) is 2.67. The topological polar surface area (TPSA) is 91.1 Å². The number of aromatic nitrogens is 6. The number of hydrogen-bond donors (Lipinski definition) is 0. The summed E-state index contributed by atoms with van der Waals surface area (Å²) in [5.74, 6) is 1.85. The van der Waals surface area contributed by atoms with E-state index in [1.165, 1.54) is 0 Å². The monoisotopic (exact) mass is 419 g/mol. The molecule has 3 aromatic heterocycles. The zero-order valence-electron chi connectivity index (χ0n) is 17.9. The summed E-state index contributed by atoms with van der Waals surface area (Å²) in [6, 6.07) is 11.7. The maximum atomic E-state index is 5.71. The highest BCUT2D eigenvalue weighted by Gasteiger charge is 2.10. The molecule has 0 radical (unpaired) electrons. The van der Waals surface area contributed by atoms with Gasteiger partial charge in [0.2, 0.25) is 5.88 Å². The zero-order valence-corrected chi connectivity index (χ0v) is 17.9. The van der Waals surface area contributed by atoms with Crippen molar-refractivity contribution in [2.75, 3.05) is 34.4 Å². The number of rotatable bonds is 9. The van der Waals surface area contributed by atoms with Gasteiger partial charge >= 0.3 is 0 Å². The molecule has 0 aliphatic heterocycles. The van der Waals surface area contributed by atoms with Crippen molar-refractivity contribution < 1.29 is 9.47 Å². The summed E-state index contributed by atoms with van der Waals surface area (Å²) in [5, 5.41) is 8.40. The Hall–Kier alpha value is -3.59. The Morgan fingerprint density at radius 2 is 1.90 bits per heavy atom. The first-order valence-electron chi connectivity index (χ1n) is 10.1. The molecule has 4 rings (SSSR count). The average molecular weight is 419 g/mol. The molecule has 0 N–H and O–H groups in total. The van der Waals surface area contributed by atoms with Crippen LogP contribution in [0.3, 0.4) is 0 Å². The van der Waals surface area contributed by atoms with Crippen molar-refractivity contribution >= 4 is 11.2 Å². The van der Waals surface area contributed by atoms with Gasteiger partial charge in [-0.05, 0) is 38.2 Å². The highest BCUT2D eigenvalue weighted by Crippen LogP contribution is 2.20. The molecule has 0 aliphatic rings. The summed E-state index contributed by atoms with van der Waals surface area (Å²) in [7, 11) is 5.68. The highest BCUT2D eigenvalue weighted by molar-refractivity contribution is 5.70. The van der Waals surface area contributed by atoms with Crippen LogP contribution in [0.5, 0.6) is 11.6 Å². The number of methoxy groups -OCH3 is 1. The van der Waals surface area contributed by atoms with Crippen LogP contribution in [0.1, 0.15) is 12.0 Å². The van der Waals surface area contributed by atoms with Crippen LogP contribution in [0.15, 0.2) is 48.8 Å². The first kappa shape index (κ1) is 20.7. The van der Waals surface area contributed by atoms with Crippen LogP contribution < -0.4 is 9.47 Å². The summed E-state index contributed by atoms with van der Waals surface area (Å²) in [5.41, 5.74) is 3.37. The molecule has 1 aromatic carbocycles. The van der Waals surface area contributed by atoms with Gasteiger partial charge in [-0.2, -0.15) is 4.98 Å². The molecule has 160 valence electrons. The lowest BCUT2D eigenvalue weighted by Gasteiger charge is -2.10. The van der Waals surface area contributed by atoms with Crippen LogP contribution in [0.25, 0.3) is 22.6 Å². The molecule has 0 saturated carbocycles. The molecule has 0 spiro atoms. The summed E-state index contributed by atoms with van der Waals surface area (Å²) >= 11 is 0. The van der Waals surface area contributed by atoms with Gasteiger partial charge in [-0.3, -0.25) is 0 Å². The van der Waals surface area contributed by atoms with E-state index in [4.69, 9.17) is 9.47 Å². The van der Waals surface area contributed by atoms with Gasteiger partial charge in [0.1, 0.15) is 5.52 Å². The highest BCUT2D eigenvalue weighted by atomic mass is 16.5. The van der Waals surface area contributed by atoms with Crippen LogP contribution in [0.4, 0.5) is 0 Å². The predicted molar refractivity (Wildman–Crippen MR) is 117 cm³/mol. The molecular weight excluding hydrogens is 394 g/mol. The van der Waals surface area contributed by atoms with Gasteiger partial charge < -0.3 is 14.4 Å². The molecule has 0 saturated heterocycles. The van der Waals surface area contributed by atoms with E-state index in [9.17, 15) is 0 Å². The van der Waals surface area contributed by atoms with Gasteiger partial charge in [-0.25, -0.2) is 14.6 Å². The molecule has 4 aromatic rings. The molecular formula is C22H25N7O2. The summed E-state index contributed by atoms with van der Waals surface area (Å²) in [6.45, 7) is 2.15. The summed E-state index contributed by atoms with van der Waals surface area (Å²) < 4.78 is 12.7. The van der Waals surface area contributed by atoms with Crippen LogP contribution in [0, 0.1) is 0 Å². The van der Waals surface area contributed by atoms with Crippen molar-refractivity contribution in [3.63, 3.8) is 0 Å². The third-order valence-corrected chi connectivity index (χ3v) is 4.71. The number of pyridine rings is 1. The summed E-state index contributed by atoms with van der Waals surface area (Å²) in [4.78, 5) is 15.5. The third kappa shape index (κ3) is 5.13. The van der Waals surface area contributed by atoms with E-state index in [2.05, 4.69) is 30.2 Å². The van der Waals surface area contributed by atoms with Gasteiger partial charge in [0.05, 0.1) is 32.7 Å². The van der Waals surface area contributed by atoms with E-state index in [1.807, 2.05) is 44.4 Å². The minimum Gasteiger partial charge on any atom is -0.490 e. The molecule has 0 bridgehead atoms. The van der Waals surface area contributed by atoms with Crippen molar-refractivity contribution in [3.8, 4) is 23.0 Å². The quantitative estimate of drug-likeness (QED) is 0.383. The standard InChI is InChI=1S/C22H25N7O2/c1-28(2)10-5-11-31-18-13-23-21(24-14-18)17-7-4-6-16(12-17)15-29-22-19(26-27-29)8-9-20(25-22)30-3/h4,6-9,12-14H,5,10-11,15H2,1-3H3. The Kier molecular flexibility index (Phi) is 6.32. The van der Waals surface area contributed by atoms with Gasteiger partial charge in [0.15, 0.2) is 17.2 Å². The minimum atomic E-state index is 0.525. The molecule has 9 heteroatoms. The van der Waals surface area contributed by atoms with Crippen molar-refractivity contribution in [3.05, 3.63) is 54.4 Å². The van der Waals surface area contributed by atoms with Crippen LogP contribution in [0.2, 0.25) is 0 Å². The third-order valence-electron chi connectivity index (χ3n) is 4.71. The van der Waals surface area contributed by atoms with E-state index in [0.29, 0.717) is 36.3 Å². The van der Waals surface area contributed by atoms with Crippen LogP contribution >= 0.6 is 0 Å². The van der Waals surface area contributed by atoms with Gasteiger partial charge in [0, 0.05) is 18.2 Å². The molecule has 0 fully saturated rings. The normalized spacial score (nSPS) is 11.2. The lowest BCUT2D eigenvalue weighted by Crippen LogP contribution is -2.15. The van der Waals surface area contributed by atoms with Crippen molar-refractivity contribution in [2.45, 2.75) is 13.0 Å². The smallest absolute Gasteiger partial charge is 0.215 e. The Morgan fingerprint density at radius 3 is 2.68 bits per heavy atom. The largest absolute Gasteiger partial charge is 0.490 e. The second kappa shape index (κ2) is 9.48. The molecule has 0 atom stereocenters. The first-order valence-corrected chi connectivity index (χ1v) is 10.1. The lowest BCUT2D eigenvalue weighted by atomic mass is 10.1. The number of hydrogen-bond acceptors (Lipinski definition) is 8. The van der Waals surface area contributed by atoms with E-state index >= 15 is 0 Å². The number of benzene rings is 1. The second-order valence-corrected chi connectivity index (χ2v) is 7.39. The van der Waals surface area contributed by atoms with Crippen molar-refractivity contribution in [2.24, 2.45) is 0 Å². The lowest BCUT2D eigenvalue weighted by molar-refractivity contribution is 0.280. The number of fused-ring (bicyclic) bond motifs is 1. The molecule has 0 unspecified atom stereocenters. The Balaban J connectivity index is 1.46. The Morgan fingerprint density at radius 1 is 1.06 bits per heavy atom. The first-order chi connectivity index (χ1) is 15.1. The summed E-state index contributed by atoms with van der Waals surface area (Å²) in [6.07, 6.45) is 4.38. The fourth-order valence-electron chi connectivity index (χ4n) is 3.15. The minimum absolute atomic E-state index is 0.525. The van der Waals surface area contributed by atoms with E-state index in [-0.39, 0.29) is 0 Å². The number of nitrogens with zero attached hydrogens (tertiary/aromatic N) is 7. The molecule has 0 aliphatic carbocycles. The maximum absolute atomic E-state index is 5.71.